The van der Waals surface area contributed by atoms with E-state index < -0.39 is 5.60 Å². The quantitative estimate of drug-likeness (QED) is 0.804. The lowest BCUT2D eigenvalue weighted by atomic mass is 10.0. The SMILES string of the molecule is CC(C)[C@@H](CN(C)C)NC(=O)OC(C)(C)C. The second kappa shape index (κ2) is 6.09. The van der Waals surface area contributed by atoms with E-state index >= 15 is 0 Å². The number of amides is 1. The predicted octanol–water partition coefficient (Wildman–Crippen LogP) is 2.10. The van der Waals surface area contributed by atoms with Crippen LogP contribution < -0.4 is 5.32 Å². The number of rotatable bonds is 4. The zero-order chi connectivity index (χ0) is 12.9. The molecule has 0 bridgehead atoms. The lowest BCUT2D eigenvalue weighted by Gasteiger charge is -2.27. The summed E-state index contributed by atoms with van der Waals surface area (Å²) in [6, 6.07) is 0.116. The van der Waals surface area contributed by atoms with Gasteiger partial charge in [-0.2, -0.15) is 0 Å². The molecule has 0 aliphatic rings. The van der Waals surface area contributed by atoms with E-state index in [9.17, 15) is 4.79 Å². The van der Waals surface area contributed by atoms with Gasteiger partial charge in [-0.25, -0.2) is 4.79 Å². The largest absolute Gasteiger partial charge is 0.444 e. The van der Waals surface area contributed by atoms with Gasteiger partial charge in [-0.15, -0.1) is 0 Å². The van der Waals surface area contributed by atoms with Crippen LogP contribution in [0.1, 0.15) is 34.6 Å². The Labute approximate surface area is 99.3 Å². The summed E-state index contributed by atoms with van der Waals surface area (Å²) in [5.74, 6) is 0.384. The molecule has 96 valence electrons. The zero-order valence-corrected chi connectivity index (χ0v) is 11.6. The Hall–Kier alpha value is -0.770. The van der Waals surface area contributed by atoms with Crippen molar-refractivity contribution in [2.24, 2.45) is 5.92 Å². The molecule has 16 heavy (non-hydrogen) atoms. The first kappa shape index (κ1) is 15.2. The topological polar surface area (TPSA) is 41.6 Å². The van der Waals surface area contributed by atoms with Crippen LogP contribution in [-0.2, 0) is 4.74 Å². The van der Waals surface area contributed by atoms with Crippen LogP contribution in [0.2, 0.25) is 0 Å². The van der Waals surface area contributed by atoms with E-state index in [1.54, 1.807) is 0 Å². The van der Waals surface area contributed by atoms with Crippen LogP contribution in [0.5, 0.6) is 0 Å². The molecule has 0 aliphatic heterocycles. The highest BCUT2D eigenvalue weighted by Crippen LogP contribution is 2.08. The van der Waals surface area contributed by atoms with Crippen LogP contribution in [0.4, 0.5) is 4.79 Å². The van der Waals surface area contributed by atoms with E-state index in [0.717, 1.165) is 6.54 Å². The Morgan fingerprint density at radius 3 is 2.12 bits per heavy atom. The highest BCUT2D eigenvalue weighted by Gasteiger charge is 2.21. The maximum atomic E-state index is 11.6. The molecule has 0 spiro atoms. The summed E-state index contributed by atoms with van der Waals surface area (Å²) in [5.41, 5.74) is -0.441. The molecule has 0 unspecified atom stereocenters. The first-order valence-electron chi connectivity index (χ1n) is 5.76. The summed E-state index contributed by atoms with van der Waals surface area (Å²) in [6.07, 6.45) is -0.340. The number of ether oxygens (including phenoxy) is 1. The van der Waals surface area contributed by atoms with E-state index in [-0.39, 0.29) is 12.1 Å². The van der Waals surface area contributed by atoms with Crippen molar-refractivity contribution in [1.29, 1.82) is 0 Å². The summed E-state index contributed by atoms with van der Waals surface area (Å²) in [5, 5.41) is 2.90. The highest BCUT2D eigenvalue weighted by molar-refractivity contribution is 5.68. The maximum absolute atomic E-state index is 11.6. The molecule has 0 aromatic carbocycles. The van der Waals surface area contributed by atoms with E-state index in [4.69, 9.17) is 4.74 Å². The Morgan fingerprint density at radius 2 is 1.81 bits per heavy atom. The third-order valence-electron chi connectivity index (χ3n) is 2.07. The number of hydrogen-bond acceptors (Lipinski definition) is 3. The second-order valence-corrected chi connectivity index (χ2v) is 5.76. The average molecular weight is 230 g/mol. The maximum Gasteiger partial charge on any atom is 0.407 e. The number of carbonyl (C=O) groups is 1. The first-order valence-corrected chi connectivity index (χ1v) is 5.76. The zero-order valence-electron chi connectivity index (χ0n) is 11.6. The Bertz CT molecular complexity index is 220. The third kappa shape index (κ3) is 7.51. The molecule has 0 rings (SSSR count). The van der Waals surface area contributed by atoms with Gasteiger partial charge in [0.25, 0.3) is 0 Å². The lowest BCUT2D eigenvalue weighted by Crippen LogP contribution is -2.46. The molecule has 0 aromatic heterocycles. The molecular formula is C12H26N2O2. The van der Waals surface area contributed by atoms with Crippen molar-refractivity contribution >= 4 is 6.09 Å². The van der Waals surface area contributed by atoms with Gasteiger partial charge in [-0.1, -0.05) is 13.8 Å². The van der Waals surface area contributed by atoms with E-state index in [1.165, 1.54) is 0 Å². The fourth-order valence-electron chi connectivity index (χ4n) is 1.28. The number of nitrogens with zero attached hydrogens (tertiary/aromatic N) is 1. The third-order valence-corrected chi connectivity index (χ3v) is 2.07. The summed E-state index contributed by atoms with van der Waals surface area (Å²) in [4.78, 5) is 13.7. The van der Waals surface area contributed by atoms with Gasteiger partial charge in [0, 0.05) is 12.6 Å². The molecule has 0 radical (unpaired) electrons. The highest BCUT2D eigenvalue weighted by atomic mass is 16.6. The summed E-state index contributed by atoms with van der Waals surface area (Å²) in [6.45, 7) is 10.6. The van der Waals surface area contributed by atoms with Crippen LogP contribution in [0.25, 0.3) is 0 Å². The summed E-state index contributed by atoms with van der Waals surface area (Å²) in [7, 11) is 3.98. The van der Waals surface area contributed by atoms with E-state index in [1.807, 2.05) is 34.9 Å². The Kier molecular flexibility index (Phi) is 5.79. The minimum atomic E-state index is -0.441. The van der Waals surface area contributed by atoms with Crippen molar-refractivity contribution in [3.8, 4) is 0 Å². The van der Waals surface area contributed by atoms with Crippen molar-refractivity contribution < 1.29 is 9.53 Å². The van der Waals surface area contributed by atoms with Gasteiger partial charge in [0.2, 0.25) is 0 Å². The van der Waals surface area contributed by atoms with E-state index in [2.05, 4.69) is 24.1 Å². The van der Waals surface area contributed by atoms with Gasteiger partial charge in [-0.3, -0.25) is 0 Å². The van der Waals surface area contributed by atoms with Crippen molar-refractivity contribution in [2.45, 2.75) is 46.3 Å². The summed E-state index contributed by atoms with van der Waals surface area (Å²) < 4.78 is 5.23. The molecule has 0 aliphatic carbocycles. The molecule has 4 nitrogen and oxygen atoms in total. The van der Waals surface area contributed by atoms with Gasteiger partial charge >= 0.3 is 6.09 Å². The molecule has 1 amide bonds. The molecule has 0 saturated carbocycles. The molecule has 0 saturated heterocycles. The monoisotopic (exact) mass is 230 g/mol. The Morgan fingerprint density at radius 1 is 1.31 bits per heavy atom. The van der Waals surface area contributed by atoms with Crippen molar-refractivity contribution in [3.05, 3.63) is 0 Å². The number of alkyl carbamates (subject to hydrolysis) is 1. The Balaban J connectivity index is 4.24. The molecule has 0 aromatic rings. The minimum Gasteiger partial charge on any atom is -0.444 e. The van der Waals surface area contributed by atoms with Crippen LogP contribution in [-0.4, -0.2) is 43.3 Å². The standard InChI is InChI=1S/C12H26N2O2/c1-9(2)10(8-14(6)7)13-11(15)16-12(3,4)5/h9-10H,8H2,1-7H3,(H,13,15)/t10-/m1/s1. The first-order chi connectivity index (χ1) is 7.11. The molecule has 4 heteroatoms. The number of hydrogen-bond donors (Lipinski definition) is 1. The van der Waals surface area contributed by atoms with Crippen molar-refractivity contribution in [1.82, 2.24) is 10.2 Å². The van der Waals surface area contributed by atoms with Gasteiger partial charge in [0.15, 0.2) is 0 Å². The van der Waals surface area contributed by atoms with Crippen LogP contribution in [0.15, 0.2) is 0 Å². The molecular weight excluding hydrogens is 204 g/mol. The van der Waals surface area contributed by atoms with Gasteiger partial charge in [-0.05, 0) is 40.8 Å². The van der Waals surface area contributed by atoms with Crippen LogP contribution in [0, 0.1) is 5.92 Å². The average Bonchev–Trinajstić information content (AvgIpc) is 1.97. The van der Waals surface area contributed by atoms with E-state index in [0.29, 0.717) is 5.92 Å². The molecule has 0 fully saturated rings. The normalized spacial score (nSPS) is 14.1. The van der Waals surface area contributed by atoms with Gasteiger partial charge in [0.1, 0.15) is 5.60 Å². The van der Waals surface area contributed by atoms with Crippen LogP contribution in [0.3, 0.4) is 0 Å². The van der Waals surface area contributed by atoms with Crippen molar-refractivity contribution in [2.75, 3.05) is 20.6 Å². The predicted molar refractivity (Wildman–Crippen MR) is 66.5 cm³/mol. The van der Waals surface area contributed by atoms with Crippen LogP contribution >= 0.6 is 0 Å². The van der Waals surface area contributed by atoms with Gasteiger partial charge in [0.05, 0.1) is 0 Å². The van der Waals surface area contributed by atoms with Crippen molar-refractivity contribution in [3.63, 3.8) is 0 Å². The fourth-order valence-corrected chi connectivity index (χ4v) is 1.28. The number of likely N-dealkylation sites (N-methyl/N-ethyl adjacent to an activating group) is 1. The minimum absolute atomic E-state index is 0.116. The molecule has 1 N–H and O–H groups in total. The fraction of sp³-hybridized carbons (Fsp3) is 0.917. The second-order valence-electron chi connectivity index (χ2n) is 5.76. The number of carbonyl (C=O) groups excluding carboxylic acids is 1. The number of nitrogens with one attached hydrogen (secondary N) is 1. The van der Waals surface area contributed by atoms with Gasteiger partial charge < -0.3 is 15.0 Å². The summed E-state index contributed by atoms with van der Waals surface area (Å²) >= 11 is 0. The lowest BCUT2D eigenvalue weighted by molar-refractivity contribution is 0.0481. The molecule has 0 heterocycles. The smallest absolute Gasteiger partial charge is 0.407 e. The molecule has 1 atom stereocenters.